The molecule has 94 valence electrons. The Kier molecular flexibility index (Phi) is 3.00. The monoisotopic (exact) mass is 267 g/mol. The molecule has 0 saturated carbocycles. The van der Waals surface area contributed by atoms with Crippen LogP contribution in [0, 0.1) is 0 Å². The van der Waals surface area contributed by atoms with E-state index in [9.17, 15) is 22.8 Å². The summed E-state index contributed by atoms with van der Waals surface area (Å²) in [4.78, 5) is 33.1. The van der Waals surface area contributed by atoms with E-state index in [0.29, 0.717) is 16.2 Å². The minimum absolute atomic E-state index is 0.0928. The van der Waals surface area contributed by atoms with Crippen molar-refractivity contribution in [3.63, 3.8) is 0 Å². The number of sulfonamides is 1. The van der Waals surface area contributed by atoms with Crippen molar-refractivity contribution in [1.82, 2.24) is 4.31 Å². The van der Waals surface area contributed by atoms with E-state index >= 15 is 0 Å². The van der Waals surface area contributed by atoms with Gasteiger partial charge >= 0.3 is 0 Å². The van der Waals surface area contributed by atoms with Gasteiger partial charge in [-0.2, -0.15) is 4.31 Å². The molecule has 0 unspecified atom stereocenters. The molecule has 0 atom stereocenters. The molecule has 0 bridgehead atoms. The second-order valence-corrected chi connectivity index (χ2v) is 5.53. The van der Waals surface area contributed by atoms with E-state index in [0.717, 1.165) is 0 Å². The molecule has 0 radical (unpaired) electrons. The first-order valence-electron chi connectivity index (χ1n) is 5.13. The summed E-state index contributed by atoms with van der Waals surface area (Å²) >= 11 is 0. The number of hydrogen-bond donors (Lipinski definition) is 0. The lowest BCUT2D eigenvalue weighted by Crippen LogP contribution is -2.35. The zero-order valence-corrected chi connectivity index (χ0v) is 10.0. The standard InChI is InChI=1S/C11H9NO5S/c13-7-8-1-3-9(4-2-8)18(16,17)12-10(14)5-6-11(12)15/h1-4,7H,5-6H2. The van der Waals surface area contributed by atoms with Crippen LogP contribution in [0.25, 0.3) is 0 Å². The van der Waals surface area contributed by atoms with Crippen LogP contribution in [0.4, 0.5) is 0 Å². The van der Waals surface area contributed by atoms with Gasteiger partial charge in [0, 0.05) is 18.4 Å². The van der Waals surface area contributed by atoms with Crippen LogP contribution in [-0.4, -0.2) is 30.8 Å². The Morgan fingerprint density at radius 2 is 1.50 bits per heavy atom. The van der Waals surface area contributed by atoms with Crippen molar-refractivity contribution in [2.45, 2.75) is 17.7 Å². The molecule has 1 heterocycles. The average Bonchev–Trinajstić information content (AvgIpc) is 2.69. The average molecular weight is 267 g/mol. The molecule has 1 aliphatic heterocycles. The Morgan fingerprint density at radius 3 is 1.94 bits per heavy atom. The van der Waals surface area contributed by atoms with Crippen molar-refractivity contribution >= 4 is 28.1 Å². The first kappa shape index (κ1) is 12.4. The minimum Gasteiger partial charge on any atom is -0.298 e. The smallest absolute Gasteiger partial charge is 0.273 e. The third-order valence-corrected chi connectivity index (χ3v) is 4.32. The van der Waals surface area contributed by atoms with Gasteiger partial charge in [-0.15, -0.1) is 0 Å². The van der Waals surface area contributed by atoms with Crippen LogP contribution < -0.4 is 0 Å². The second-order valence-electron chi connectivity index (χ2n) is 3.74. The molecule has 1 fully saturated rings. The summed E-state index contributed by atoms with van der Waals surface area (Å²) in [6.45, 7) is 0. The molecule has 1 saturated heterocycles. The second kappa shape index (κ2) is 4.34. The Morgan fingerprint density at radius 1 is 1.00 bits per heavy atom. The van der Waals surface area contributed by atoms with E-state index in [4.69, 9.17) is 0 Å². The van der Waals surface area contributed by atoms with Crippen molar-refractivity contribution in [1.29, 1.82) is 0 Å². The van der Waals surface area contributed by atoms with Gasteiger partial charge in [-0.3, -0.25) is 14.4 Å². The fourth-order valence-electron chi connectivity index (χ4n) is 1.65. The molecule has 6 nitrogen and oxygen atoms in total. The lowest BCUT2D eigenvalue weighted by molar-refractivity contribution is -0.132. The Hall–Kier alpha value is -2.02. The molecule has 0 spiro atoms. The van der Waals surface area contributed by atoms with Crippen LogP contribution in [0.3, 0.4) is 0 Å². The highest BCUT2D eigenvalue weighted by molar-refractivity contribution is 7.90. The van der Waals surface area contributed by atoms with Crippen LogP contribution in [0.15, 0.2) is 29.2 Å². The number of benzene rings is 1. The molecule has 2 rings (SSSR count). The van der Waals surface area contributed by atoms with E-state index in [1.807, 2.05) is 0 Å². The van der Waals surface area contributed by atoms with E-state index in [1.54, 1.807) is 0 Å². The molecule has 0 aliphatic carbocycles. The SMILES string of the molecule is O=Cc1ccc(S(=O)(=O)N2C(=O)CCC2=O)cc1. The van der Waals surface area contributed by atoms with E-state index in [1.165, 1.54) is 24.3 Å². The van der Waals surface area contributed by atoms with Crippen molar-refractivity contribution < 1.29 is 22.8 Å². The Labute approximate surface area is 103 Å². The zero-order chi connectivity index (χ0) is 13.3. The molecule has 1 aliphatic rings. The maximum absolute atomic E-state index is 12.1. The third kappa shape index (κ3) is 1.92. The number of carbonyl (C=O) groups excluding carboxylic acids is 3. The number of nitrogens with zero attached hydrogens (tertiary/aromatic N) is 1. The predicted octanol–water partition coefficient (Wildman–Crippen LogP) is 0.337. The summed E-state index contributed by atoms with van der Waals surface area (Å²) in [5.74, 6) is -1.45. The Bertz CT molecular complexity index is 601. The van der Waals surface area contributed by atoms with Crippen LogP contribution in [0.5, 0.6) is 0 Å². The predicted molar refractivity (Wildman–Crippen MR) is 60.1 cm³/mol. The van der Waals surface area contributed by atoms with Crippen molar-refractivity contribution in [3.05, 3.63) is 29.8 Å². The quantitative estimate of drug-likeness (QED) is 0.582. The molecule has 1 aromatic rings. The topological polar surface area (TPSA) is 88.6 Å². The van der Waals surface area contributed by atoms with Gasteiger partial charge in [0.15, 0.2) is 0 Å². The van der Waals surface area contributed by atoms with Crippen molar-refractivity contribution in [2.24, 2.45) is 0 Å². The molecular weight excluding hydrogens is 258 g/mol. The molecule has 18 heavy (non-hydrogen) atoms. The van der Waals surface area contributed by atoms with Crippen molar-refractivity contribution in [2.75, 3.05) is 0 Å². The molecular formula is C11H9NO5S. The molecule has 0 aromatic heterocycles. The summed E-state index contributed by atoms with van der Waals surface area (Å²) in [6, 6.07) is 5.01. The maximum Gasteiger partial charge on any atom is 0.273 e. The summed E-state index contributed by atoms with van der Waals surface area (Å²) in [6.07, 6.45) is 0.386. The third-order valence-electron chi connectivity index (χ3n) is 2.56. The van der Waals surface area contributed by atoms with Gasteiger partial charge in [-0.1, -0.05) is 12.1 Å². The van der Waals surface area contributed by atoms with E-state index < -0.39 is 21.8 Å². The number of amides is 2. The highest BCUT2D eigenvalue weighted by Gasteiger charge is 2.39. The maximum atomic E-state index is 12.1. The summed E-state index contributed by atoms with van der Waals surface area (Å²) in [5, 5.41) is 0. The van der Waals surface area contributed by atoms with Gasteiger partial charge in [-0.25, -0.2) is 8.42 Å². The van der Waals surface area contributed by atoms with Gasteiger partial charge in [0.25, 0.3) is 10.0 Å². The Balaban J connectivity index is 2.44. The summed E-state index contributed by atoms with van der Waals surface area (Å²) in [5.41, 5.74) is 0.313. The van der Waals surface area contributed by atoms with Gasteiger partial charge in [0.2, 0.25) is 11.8 Å². The lowest BCUT2D eigenvalue weighted by atomic mass is 10.2. The van der Waals surface area contributed by atoms with Gasteiger partial charge < -0.3 is 0 Å². The number of carbonyl (C=O) groups is 3. The highest BCUT2D eigenvalue weighted by atomic mass is 32.2. The number of hydrogen-bond acceptors (Lipinski definition) is 5. The fourth-order valence-corrected chi connectivity index (χ4v) is 3.06. The van der Waals surface area contributed by atoms with Crippen LogP contribution in [0.1, 0.15) is 23.2 Å². The summed E-state index contributed by atoms with van der Waals surface area (Å²) < 4.78 is 24.4. The molecule has 7 heteroatoms. The zero-order valence-electron chi connectivity index (χ0n) is 9.20. The van der Waals surface area contributed by atoms with Gasteiger partial charge in [0.05, 0.1) is 4.90 Å². The first-order valence-corrected chi connectivity index (χ1v) is 6.57. The summed E-state index contributed by atoms with van der Waals surface area (Å²) in [7, 11) is -4.14. The number of aldehydes is 1. The minimum atomic E-state index is -4.14. The normalized spacial score (nSPS) is 16.1. The molecule has 0 N–H and O–H groups in total. The molecule has 1 aromatic carbocycles. The first-order chi connectivity index (χ1) is 8.46. The van der Waals surface area contributed by atoms with E-state index in [-0.39, 0.29) is 17.7 Å². The van der Waals surface area contributed by atoms with E-state index in [2.05, 4.69) is 0 Å². The largest absolute Gasteiger partial charge is 0.298 e. The van der Waals surface area contributed by atoms with Crippen LogP contribution in [-0.2, 0) is 19.6 Å². The molecule has 2 amide bonds. The fraction of sp³-hybridized carbons (Fsp3) is 0.182. The van der Waals surface area contributed by atoms with Gasteiger partial charge in [-0.05, 0) is 12.1 Å². The van der Waals surface area contributed by atoms with Gasteiger partial charge in [0.1, 0.15) is 6.29 Å². The number of rotatable bonds is 3. The van der Waals surface area contributed by atoms with Crippen LogP contribution in [0.2, 0.25) is 0 Å². The highest BCUT2D eigenvalue weighted by Crippen LogP contribution is 2.22. The van der Waals surface area contributed by atoms with Crippen molar-refractivity contribution in [3.8, 4) is 0 Å². The lowest BCUT2D eigenvalue weighted by Gasteiger charge is -2.14. The van der Waals surface area contributed by atoms with Crippen LogP contribution >= 0.6 is 0 Å². The number of imide groups is 1.